The van der Waals surface area contributed by atoms with E-state index in [9.17, 15) is 9.59 Å². The topological polar surface area (TPSA) is 86.1 Å². The van der Waals surface area contributed by atoms with Gasteiger partial charge in [0.1, 0.15) is 10.6 Å². The van der Waals surface area contributed by atoms with Crippen LogP contribution in [0.1, 0.15) is 54.4 Å². The maximum absolute atomic E-state index is 13.1. The summed E-state index contributed by atoms with van der Waals surface area (Å²) >= 11 is 4.52. The summed E-state index contributed by atoms with van der Waals surface area (Å²) in [5, 5.41) is 17.3. The third-order valence-corrected chi connectivity index (χ3v) is 9.66. The molecule has 0 bridgehead atoms. The van der Waals surface area contributed by atoms with E-state index in [2.05, 4.69) is 39.3 Å². The number of esters is 1. The molecule has 4 aromatic rings. The first-order chi connectivity index (χ1) is 19.0. The second-order valence-electron chi connectivity index (χ2n) is 9.63. The van der Waals surface area contributed by atoms with Crippen LogP contribution in [0.25, 0.3) is 22.5 Å². The lowest BCUT2D eigenvalue weighted by atomic mass is 9.88. The van der Waals surface area contributed by atoms with Gasteiger partial charge in [0.05, 0.1) is 12.4 Å². The normalized spacial score (nSPS) is 14.7. The van der Waals surface area contributed by atoms with Crippen LogP contribution < -0.4 is 5.32 Å². The number of nitrogens with zero attached hydrogens (tertiary/aromatic N) is 3. The Labute approximate surface area is 241 Å². The molecule has 0 radical (unpaired) electrons. The first-order valence-electron chi connectivity index (χ1n) is 13.3. The molecule has 0 spiro atoms. The SMILES string of the molecule is CCCn1c(SCC(=O)Nc2scc(-c3ccccc3)c2C(=O)OCC)nnc1-c1csc2c1CCC(C)C2. The number of thiophene rings is 2. The minimum Gasteiger partial charge on any atom is -0.462 e. The molecule has 0 saturated carbocycles. The highest BCUT2D eigenvalue weighted by Gasteiger charge is 2.26. The number of carbonyl (C=O) groups excluding carboxylic acids is 2. The molecule has 1 aliphatic rings. The highest BCUT2D eigenvalue weighted by Crippen LogP contribution is 2.39. The molecule has 1 N–H and O–H groups in total. The molecule has 1 aromatic carbocycles. The van der Waals surface area contributed by atoms with Gasteiger partial charge in [-0.15, -0.1) is 32.9 Å². The van der Waals surface area contributed by atoms with Crippen LogP contribution in [0.3, 0.4) is 0 Å². The molecule has 3 aromatic heterocycles. The zero-order valence-electron chi connectivity index (χ0n) is 22.4. The van der Waals surface area contributed by atoms with Crippen LogP contribution in [0.15, 0.2) is 46.2 Å². The summed E-state index contributed by atoms with van der Waals surface area (Å²) in [5.41, 5.74) is 4.64. The number of benzene rings is 1. The van der Waals surface area contributed by atoms with Crippen molar-refractivity contribution in [3.63, 3.8) is 0 Å². The number of carbonyl (C=O) groups is 2. The molecule has 1 aliphatic carbocycles. The number of aromatic nitrogens is 3. The van der Waals surface area contributed by atoms with Gasteiger partial charge in [-0.25, -0.2) is 4.79 Å². The van der Waals surface area contributed by atoms with Crippen LogP contribution in [0.4, 0.5) is 5.00 Å². The third-order valence-electron chi connectivity index (χ3n) is 6.75. The zero-order valence-corrected chi connectivity index (χ0v) is 24.8. The van der Waals surface area contributed by atoms with Gasteiger partial charge in [0.25, 0.3) is 0 Å². The van der Waals surface area contributed by atoms with E-state index in [4.69, 9.17) is 4.74 Å². The number of amides is 1. The molecule has 7 nitrogen and oxygen atoms in total. The lowest BCUT2D eigenvalue weighted by Gasteiger charge is -2.19. The summed E-state index contributed by atoms with van der Waals surface area (Å²) in [7, 11) is 0. The summed E-state index contributed by atoms with van der Waals surface area (Å²) in [6, 6.07) is 9.65. The van der Waals surface area contributed by atoms with Crippen molar-refractivity contribution >= 4 is 51.3 Å². The fourth-order valence-corrected chi connectivity index (χ4v) is 7.84. The summed E-state index contributed by atoms with van der Waals surface area (Å²) in [5.74, 6) is 1.12. The lowest BCUT2D eigenvalue weighted by Crippen LogP contribution is -2.17. The van der Waals surface area contributed by atoms with Crippen molar-refractivity contribution in [2.45, 2.75) is 58.2 Å². The number of fused-ring (bicyclic) bond motifs is 1. The molecule has 5 rings (SSSR count). The molecule has 3 heterocycles. The summed E-state index contributed by atoms with van der Waals surface area (Å²) in [6.07, 6.45) is 4.34. The summed E-state index contributed by atoms with van der Waals surface area (Å²) < 4.78 is 7.46. The van der Waals surface area contributed by atoms with E-state index in [0.29, 0.717) is 10.6 Å². The summed E-state index contributed by atoms with van der Waals surface area (Å²) in [4.78, 5) is 27.4. The van der Waals surface area contributed by atoms with E-state index in [0.717, 1.165) is 53.8 Å². The Morgan fingerprint density at radius 1 is 1.13 bits per heavy atom. The van der Waals surface area contributed by atoms with Gasteiger partial charge in [0.15, 0.2) is 11.0 Å². The molecule has 39 heavy (non-hydrogen) atoms. The fraction of sp³-hybridized carbons (Fsp3) is 0.379. The maximum Gasteiger partial charge on any atom is 0.341 e. The molecular weight excluding hydrogens is 549 g/mol. The first-order valence-corrected chi connectivity index (χ1v) is 16.0. The van der Waals surface area contributed by atoms with Crippen LogP contribution in [0.5, 0.6) is 0 Å². The predicted molar refractivity (Wildman–Crippen MR) is 160 cm³/mol. The van der Waals surface area contributed by atoms with Gasteiger partial charge in [-0.1, -0.05) is 55.9 Å². The molecule has 0 fully saturated rings. The number of thioether (sulfide) groups is 1. The van der Waals surface area contributed by atoms with Crippen molar-refractivity contribution in [2.75, 3.05) is 17.7 Å². The molecule has 0 saturated heterocycles. The number of hydrogen-bond donors (Lipinski definition) is 1. The minimum absolute atomic E-state index is 0.155. The van der Waals surface area contributed by atoms with Crippen molar-refractivity contribution in [2.24, 2.45) is 5.92 Å². The van der Waals surface area contributed by atoms with E-state index in [1.165, 1.54) is 45.5 Å². The average molecular weight is 581 g/mol. The molecule has 1 atom stereocenters. The highest BCUT2D eigenvalue weighted by atomic mass is 32.2. The van der Waals surface area contributed by atoms with Gasteiger partial charge in [0.2, 0.25) is 5.91 Å². The van der Waals surface area contributed by atoms with Crippen molar-refractivity contribution in [1.82, 2.24) is 14.8 Å². The van der Waals surface area contributed by atoms with E-state index < -0.39 is 5.97 Å². The maximum atomic E-state index is 13.1. The lowest BCUT2D eigenvalue weighted by molar-refractivity contribution is -0.113. The van der Waals surface area contributed by atoms with Crippen LogP contribution in [-0.2, 0) is 28.9 Å². The Morgan fingerprint density at radius 2 is 1.92 bits per heavy atom. The van der Waals surface area contributed by atoms with Gasteiger partial charge < -0.3 is 14.6 Å². The molecule has 204 valence electrons. The van der Waals surface area contributed by atoms with Crippen LogP contribution >= 0.6 is 34.4 Å². The third kappa shape index (κ3) is 5.97. The van der Waals surface area contributed by atoms with E-state index >= 15 is 0 Å². The predicted octanol–water partition coefficient (Wildman–Crippen LogP) is 7.18. The molecule has 10 heteroatoms. The monoisotopic (exact) mass is 580 g/mol. The van der Waals surface area contributed by atoms with Crippen molar-refractivity contribution < 1.29 is 14.3 Å². The Hall–Kier alpha value is -2.95. The van der Waals surface area contributed by atoms with Crippen LogP contribution in [-0.4, -0.2) is 39.0 Å². The second kappa shape index (κ2) is 12.5. The largest absolute Gasteiger partial charge is 0.462 e. The van der Waals surface area contributed by atoms with Crippen LogP contribution in [0, 0.1) is 5.92 Å². The van der Waals surface area contributed by atoms with Crippen molar-refractivity contribution in [3.05, 3.63) is 57.1 Å². The Morgan fingerprint density at radius 3 is 2.69 bits per heavy atom. The van der Waals surface area contributed by atoms with Gasteiger partial charge in [-0.2, -0.15) is 0 Å². The Kier molecular flexibility index (Phi) is 8.84. The second-order valence-corrected chi connectivity index (χ2v) is 12.4. The van der Waals surface area contributed by atoms with Gasteiger partial charge in [0, 0.05) is 33.3 Å². The molecule has 1 unspecified atom stereocenters. The van der Waals surface area contributed by atoms with E-state index in [-0.39, 0.29) is 18.3 Å². The Bertz CT molecular complexity index is 1460. The van der Waals surface area contributed by atoms with Crippen molar-refractivity contribution in [1.29, 1.82) is 0 Å². The number of nitrogens with one attached hydrogen (secondary N) is 1. The van der Waals surface area contributed by atoms with Gasteiger partial charge in [-0.05, 0) is 49.7 Å². The molecule has 0 aliphatic heterocycles. The number of rotatable bonds is 10. The standard InChI is InChI=1S/C29H32N4O3S3/c1-4-13-33-26(22-16-37-23-14-18(3)11-12-20(22)23)31-32-29(33)39-17-24(34)30-27-25(28(35)36-5-2)21(15-38-27)19-9-7-6-8-10-19/h6-10,15-16,18H,4-5,11-14,17H2,1-3H3,(H,30,34). The quantitative estimate of drug-likeness (QED) is 0.158. The van der Waals surface area contributed by atoms with E-state index in [1.807, 2.05) is 47.0 Å². The number of ether oxygens (including phenoxy) is 1. The first kappa shape index (κ1) is 27.6. The van der Waals surface area contributed by atoms with Gasteiger partial charge in [-0.3, -0.25) is 4.79 Å². The zero-order chi connectivity index (χ0) is 27.4. The van der Waals surface area contributed by atoms with Crippen molar-refractivity contribution in [3.8, 4) is 22.5 Å². The van der Waals surface area contributed by atoms with E-state index in [1.54, 1.807) is 6.92 Å². The number of anilines is 1. The van der Waals surface area contributed by atoms with Gasteiger partial charge >= 0.3 is 5.97 Å². The fourth-order valence-electron chi connectivity index (χ4n) is 4.86. The highest BCUT2D eigenvalue weighted by molar-refractivity contribution is 7.99. The minimum atomic E-state index is -0.443. The number of hydrogen-bond acceptors (Lipinski definition) is 8. The summed E-state index contributed by atoms with van der Waals surface area (Å²) in [6.45, 7) is 7.26. The van der Waals surface area contributed by atoms with Crippen LogP contribution in [0.2, 0.25) is 0 Å². The Balaban J connectivity index is 1.33. The average Bonchev–Trinajstić information content (AvgIpc) is 3.65. The molecular formula is C29H32N4O3S3. The smallest absolute Gasteiger partial charge is 0.341 e. The molecule has 1 amide bonds.